The number of aliphatic hydroxyl groups is 1. The summed E-state index contributed by atoms with van der Waals surface area (Å²) >= 11 is 0. The Morgan fingerprint density at radius 1 is 1.07 bits per heavy atom. The molecule has 1 atom stereocenters. The molecule has 0 heterocycles. The van der Waals surface area contributed by atoms with Gasteiger partial charge in [0.1, 0.15) is 0 Å². The molecule has 0 spiro atoms. The van der Waals surface area contributed by atoms with Gasteiger partial charge in [-0.05, 0) is 24.2 Å². The standard InChI is InChI=1S/C13H28O/c1-6-11(7-2)12(14)9-10-13(4,5)8-3/h11-12,14H,6-10H2,1-5H3. The molecule has 1 N–H and O–H groups in total. The lowest BCUT2D eigenvalue weighted by Crippen LogP contribution is -2.22. The van der Waals surface area contributed by atoms with Crippen LogP contribution in [0, 0.1) is 11.3 Å². The Morgan fingerprint density at radius 2 is 1.57 bits per heavy atom. The van der Waals surface area contributed by atoms with Gasteiger partial charge in [-0.2, -0.15) is 0 Å². The van der Waals surface area contributed by atoms with Gasteiger partial charge in [-0.1, -0.05) is 53.9 Å². The molecule has 0 aliphatic heterocycles. The second-order valence-corrected chi connectivity index (χ2v) is 5.20. The van der Waals surface area contributed by atoms with Crippen LogP contribution in [0.3, 0.4) is 0 Å². The van der Waals surface area contributed by atoms with Gasteiger partial charge in [0.25, 0.3) is 0 Å². The highest BCUT2D eigenvalue weighted by Crippen LogP contribution is 2.29. The monoisotopic (exact) mass is 200 g/mol. The highest BCUT2D eigenvalue weighted by Gasteiger charge is 2.20. The minimum absolute atomic E-state index is 0.0872. The number of hydrogen-bond acceptors (Lipinski definition) is 1. The maximum Gasteiger partial charge on any atom is 0.0568 e. The summed E-state index contributed by atoms with van der Waals surface area (Å²) in [5, 5.41) is 9.97. The third kappa shape index (κ3) is 4.99. The van der Waals surface area contributed by atoms with Gasteiger partial charge in [0.15, 0.2) is 0 Å². The van der Waals surface area contributed by atoms with Crippen molar-refractivity contribution in [3.63, 3.8) is 0 Å². The Morgan fingerprint density at radius 3 is 1.93 bits per heavy atom. The summed E-state index contributed by atoms with van der Waals surface area (Å²) in [6, 6.07) is 0. The highest BCUT2D eigenvalue weighted by molar-refractivity contribution is 4.72. The molecule has 14 heavy (non-hydrogen) atoms. The van der Waals surface area contributed by atoms with E-state index in [1.165, 1.54) is 6.42 Å². The van der Waals surface area contributed by atoms with Crippen molar-refractivity contribution in [3.8, 4) is 0 Å². The lowest BCUT2D eigenvalue weighted by molar-refractivity contribution is 0.0795. The average molecular weight is 200 g/mol. The Balaban J connectivity index is 3.88. The smallest absolute Gasteiger partial charge is 0.0568 e. The molecule has 0 amide bonds. The number of aliphatic hydroxyl groups excluding tert-OH is 1. The van der Waals surface area contributed by atoms with Crippen LogP contribution in [0.2, 0.25) is 0 Å². The summed E-state index contributed by atoms with van der Waals surface area (Å²) in [5.74, 6) is 0.502. The molecule has 86 valence electrons. The fourth-order valence-electron chi connectivity index (χ4n) is 1.78. The van der Waals surface area contributed by atoms with E-state index in [0.29, 0.717) is 11.3 Å². The van der Waals surface area contributed by atoms with Gasteiger partial charge < -0.3 is 5.11 Å². The Labute approximate surface area is 89.9 Å². The van der Waals surface area contributed by atoms with Crippen LogP contribution >= 0.6 is 0 Å². The van der Waals surface area contributed by atoms with Crippen LogP contribution < -0.4 is 0 Å². The topological polar surface area (TPSA) is 20.2 Å². The summed E-state index contributed by atoms with van der Waals surface area (Å²) in [5.41, 5.74) is 0.396. The zero-order chi connectivity index (χ0) is 11.2. The van der Waals surface area contributed by atoms with Crippen LogP contribution in [0.1, 0.15) is 66.7 Å². The van der Waals surface area contributed by atoms with Crippen molar-refractivity contribution in [2.45, 2.75) is 72.8 Å². The van der Waals surface area contributed by atoms with E-state index in [9.17, 15) is 5.11 Å². The predicted molar refractivity (Wildman–Crippen MR) is 63.4 cm³/mol. The summed E-state index contributed by atoms with van der Waals surface area (Å²) in [7, 11) is 0. The first-order valence-electron chi connectivity index (χ1n) is 6.14. The highest BCUT2D eigenvalue weighted by atomic mass is 16.3. The molecule has 0 fully saturated rings. The van der Waals surface area contributed by atoms with Crippen molar-refractivity contribution < 1.29 is 5.11 Å². The van der Waals surface area contributed by atoms with Crippen LogP contribution in [-0.2, 0) is 0 Å². The van der Waals surface area contributed by atoms with E-state index < -0.39 is 0 Å². The van der Waals surface area contributed by atoms with Crippen LogP contribution in [0.15, 0.2) is 0 Å². The Hall–Kier alpha value is -0.0400. The quantitative estimate of drug-likeness (QED) is 0.658. The first-order valence-corrected chi connectivity index (χ1v) is 6.14. The summed E-state index contributed by atoms with van der Waals surface area (Å²) in [6.07, 6.45) is 5.42. The van der Waals surface area contributed by atoms with Gasteiger partial charge in [0, 0.05) is 0 Å². The third-order valence-corrected chi connectivity index (χ3v) is 3.67. The lowest BCUT2D eigenvalue weighted by atomic mass is 9.82. The SMILES string of the molecule is CCC(CC)C(O)CCC(C)(C)CC. The van der Waals surface area contributed by atoms with Gasteiger partial charge in [0.2, 0.25) is 0 Å². The van der Waals surface area contributed by atoms with Gasteiger partial charge in [-0.3, -0.25) is 0 Å². The summed E-state index contributed by atoms with van der Waals surface area (Å²) < 4.78 is 0. The predicted octanol–water partition coefficient (Wildman–Crippen LogP) is 4.00. The van der Waals surface area contributed by atoms with E-state index >= 15 is 0 Å². The van der Waals surface area contributed by atoms with Gasteiger partial charge in [-0.15, -0.1) is 0 Å². The first-order chi connectivity index (χ1) is 6.46. The zero-order valence-corrected chi connectivity index (χ0v) is 10.6. The summed E-state index contributed by atoms with van der Waals surface area (Å²) in [6.45, 7) is 11.1. The summed E-state index contributed by atoms with van der Waals surface area (Å²) in [4.78, 5) is 0. The van der Waals surface area contributed by atoms with Crippen molar-refractivity contribution in [3.05, 3.63) is 0 Å². The van der Waals surface area contributed by atoms with Crippen LogP contribution in [0.4, 0.5) is 0 Å². The second kappa shape index (κ2) is 6.44. The molecule has 0 saturated heterocycles. The molecule has 0 saturated carbocycles. The molecule has 1 unspecified atom stereocenters. The first kappa shape index (κ1) is 14.0. The molecule has 0 bridgehead atoms. The molecule has 0 aromatic heterocycles. The fraction of sp³-hybridized carbons (Fsp3) is 1.00. The average Bonchev–Trinajstić information content (AvgIpc) is 2.17. The van der Waals surface area contributed by atoms with Gasteiger partial charge in [-0.25, -0.2) is 0 Å². The Kier molecular flexibility index (Phi) is 6.43. The second-order valence-electron chi connectivity index (χ2n) is 5.20. The van der Waals surface area contributed by atoms with E-state index in [1.54, 1.807) is 0 Å². The van der Waals surface area contributed by atoms with E-state index in [2.05, 4.69) is 34.6 Å². The van der Waals surface area contributed by atoms with Crippen molar-refractivity contribution >= 4 is 0 Å². The molecule has 1 nitrogen and oxygen atoms in total. The van der Waals surface area contributed by atoms with Crippen LogP contribution in [-0.4, -0.2) is 11.2 Å². The van der Waals surface area contributed by atoms with Crippen molar-refractivity contribution in [2.75, 3.05) is 0 Å². The lowest BCUT2D eigenvalue weighted by Gasteiger charge is -2.26. The maximum absolute atomic E-state index is 9.97. The normalized spacial score (nSPS) is 14.8. The molecule has 0 aromatic carbocycles. The van der Waals surface area contributed by atoms with E-state index in [1.807, 2.05) is 0 Å². The van der Waals surface area contributed by atoms with E-state index in [0.717, 1.165) is 25.7 Å². The van der Waals surface area contributed by atoms with Crippen molar-refractivity contribution in [2.24, 2.45) is 11.3 Å². The molecule has 0 aromatic rings. The van der Waals surface area contributed by atoms with Crippen LogP contribution in [0.5, 0.6) is 0 Å². The number of rotatable bonds is 7. The molecular weight excluding hydrogens is 172 g/mol. The molecule has 0 rings (SSSR count). The van der Waals surface area contributed by atoms with Gasteiger partial charge in [0.05, 0.1) is 6.10 Å². The van der Waals surface area contributed by atoms with E-state index in [4.69, 9.17) is 0 Å². The van der Waals surface area contributed by atoms with Gasteiger partial charge >= 0.3 is 0 Å². The molecular formula is C13H28O. The molecule has 0 aliphatic rings. The number of hydrogen-bond donors (Lipinski definition) is 1. The molecule has 0 radical (unpaired) electrons. The Bertz CT molecular complexity index is 136. The van der Waals surface area contributed by atoms with Crippen molar-refractivity contribution in [1.29, 1.82) is 0 Å². The van der Waals surface area contributed by atoms with Crippen molar-refractivity contribution in [1.82, 2.24) is 0 Å². The van der Waals surface area contributed by atoms with Crippen LogP contribution in [0.25, 0.3) is 0 Å². The largest absolute Gasteiger partial charge is 0.393 e. The third-order valence-electron chi connectivity index (χ3n) is 3.67. The molecule has 1 heteroatoms. The fourth-order valence-corrected chi connectivity index (χ4v) is 1.78. The van der Waals surface area contributed by atoms with E-state index in [-0.39, 0.29) is 6.10 Å². The minimum atomic E-state index is -0.0872. The minimum Gasteiger partial charge on any atom is -0.393 e. The zero-order valence-electron chi connectivity index (χ0n) is 10.6. The maximum atomic E-state index is 9.97. The molecule has 0 aliphatic carbocycles.